The third-order valence-electron chi connectivity index (χ3n) is 1.98. The molecule has 0 radical (unpaired) electrons. The van der Waals surface area contributed by atoms with Gasteiger partial charge in [-0.3, -0.25) is 0 Å². The minimum atomic E-state index is -4.32. The van der Waals surface area contributed by atoms with Crippen LogP contribution < -0.4 is 4.74 Å². The van der Waals surface area contributed by atoms with Crippen LogP contribution in [0.25, 0.3) is 0 Å². The molecule has 0 saturated heterocycles. The Balaban J connectivity index is 2.57. The highest BCUT2D eigenvalue weighted by molar-refractivity contribution is 5.30. The fourth-order valence-electron chi connectivity index (χ4n) is 1.18. The number of unbranched alkanes of at least 4 members (excludes halogenated alkanes) is 1. The molecular weight excluding hydrogens is 217 g/mol. The van der Waals surface area contributed by atoms with Crippen LogP contribution >= 0.6 is 0 Å². The molecule has 0 aliphatic carbocycles. The summed E-state index contributed by atoms with van der Waals surface area (Å²) in [7, 11) is 0. The van der Waals surface area contributed by atoms with Gasteiger partial charge in [-0.1, -0.05) is 12.1 Å². The average Bonchev–Trinajstić information content (AvgIpc) is 2.24. The Hall–Kier alpha value is -1.45. The average molecular weight is 230 g/mol. The zero-order valence-corrected chi connectivity index (χ0v) is 8.76. The van der Waals surface area contributed by atoms with E-state index in [1.807, 2.05) is 0 Å². The van der Waals surface area contributed by atoms with Gasteiger partial charge in [0.05, 0.1) is 12.2 Å². The fraction of sp³-hybridized carbons (Fsp3) is 0.333. The lowest BCUT2D eigenvalue weighted by atomic mass is 10.2. The van der Waals surface area contributed by atoms with Crippen molar-refractivity contribution >= 4 is 0 Å². The second-order valence-corrected chi connectivity index (χ2v) is 3.30. The number of halogens is 3. The van der Waals surface area contributed by atoms with Crippen molar-refractivity contribution in [2.75, 3.05) is 6.61 Å². The molecule has 0 aliphatic heterocycles. The van der Waals surface area contributed by atoms with E-state index in [1.165, 1.54) is 12.1 Å². The van der Waals surface area contributed by atoms with Gasteiger partial charge in [-0.2, -0.15) is 13.2 Å². The maximum atomic E-state index is 12.3. The van der Waals surface area contributed by atoms with Gasteiger partial charge in [0.2, 0.25) is 0 Å². The van der Waals surface area contributed by atoms with Gasteiger partial charge in [0, 0.05) is 0 Å². The van der Waals surface area contributed by atoms with Crippen LogP contribution in [0.1, 0.15) is 18.4 Å². The van der Waals surface area contributed by atoms with Crippen molar-refractivity contribution in [3.8, 4) is 5.75 Å². The second-order valence-electron chi connectivity index (χ2n) is 3.30. The number of allylic oxidation sites excluding steroid dienone is 1. The van der Waals surface area contributed by atoms with E-state index >= 15 is 0 Å². The SMILES string of the molecule is C=CCCCOc1cccc(C(F)(F)F)c1. The zero-order chi connectivity index (χ0) is 12.0. The van der Waals surface area contributed by atoms with E-state index in [2.05, 4.69) is 6.58 Å². The summed E-state index contributed by atoms with van der Waals surface area (Å²) in [6.45, 7) is 3.94. The van der Waals surface area contributed by atoms with Crippen LogP contribution in [0.4, 0.5) is 13.2 Å². The molecule has 0 heterocycles. The summed E-state index contributed by atoms with van der Waals surface area (Å²) in [5, 5.41) is 0. The van der Waals surface area contributed by atoms with E-state index in [0.29, 0.717) is 6.61 Å². The van der Waals surface area contributed by atoms with E-state index in [9.17, 15) is 13.2 Å². The van der Waals surface area contributed by atoms with Gasteiger partial charge in [-0.15, -0.1) is 6.58 Å². The monoisotopic (exact) mass is 230 g/mol. The molecule has 0 N–H and O–H groups in total. The molecule has 16 heavy (non-hydrogen) atoms. The Morgan fingerprint density at radius 1 is 1.31 bits per heavy atom. The maximum Gasteiger partial charge on any atom is 0.416 e. The summed E-state index contributed by atoms with van der Waals surface area (Å²) < 4.78 is 42.2. The molecule has 0 amide bonds. The molecule has 0 spiro atoms. The van der Waals surface area contributed by atoms with Crippen LogP contribution in [0.15, 0.2) is 36.9 Å². The Morgan fingerprint density at radius 2 is 2.06 bits per heavy atom. The van der Waals surface area contributed by atoms with E-state index in [-0.39, 0.29) is 5.75 Å². The highest BCUT2D eigenvalue weighted by Gasteiger charge is 2.30. The first-order valence-corrected chi connectivity index (χ1v) is 4.95. The molecule has 0 fully saturated rings. The van der Waals surface area contributed by atoms with E-state index in [4.69, 9.17) is 4.74 Å². The minimum Gasteiger partial charge on any atom is -0.494 e. The van der Waals surface area contributed by atoms with E-state index in [0.717, 1.165) is 25.0 Å². The fourth-order valence-corrected chi connectivity index (χ4v) is 1.18. The van der Waals surface area contributed by atoms with Crippen molar-refractivity contribution in [1.29, 1.82) is 0 Å². The first-order chi connectivity index (χ1) is 7.54. The number of hydrogen-bond donors (Lipinski definition) is 0. The lowest BCUT2D eigenvalue weighted by Crippen LogP contribution is -2.05. The van der Waals surface area contributed by atoms with Gasteiger partial charge in [0.25, 0.3) is 0 Å². The van der Waals surface area contributed by atoms with E-state index < -0.39 is 11.7 Å². The molecule has 0 aliphatic rings. The van der Waals surface area contributed by atoms with Crippen LogP contribution in [-0.2, 0) is 6.18 Å². The summed E-state index contributed by atoms with van der Waals surface area (Å²) >= 11 is 0. The second kappa shape index (κ2) is 5.58. The van der Waals surface area contributed by atoms with E-state index in [1.54, 1.807) is 6.08 Å². The predicted octanol–water partition coefficient (Wildman–Crippen LogP) is 4.05. The summed E-state index contributed by atoms with van der Waals surface area (Å²) in [5.74, 6) is 0.249. The molecule has 0 unspecified atom stereocenters. The van der Waals surface area contributed by atoms with Crippen molar-refractivity contribution in [2.45, 2.75) is 19.0 Å². The van der Waals surface area contributed by atoms with Crippen molar-refractivity contribution in [1.82, 2.24) is 0 Å². The van der Waals surface area contributed by atoms with Crippen LogP contribution in [0, 0.1) is 0 Å². The van der Waals surface area contributed by atoms with Crippen molar-refractivity contribution in [3.05, 3.63) is 42.5 Å². The Labute approximate surface area is 92.5 Å². The lowest BCUT2D eigenvalue weighted by Gasteiger charge is -2.09. The molecule has 0 bridgehead atoms. The lowest BCUT2D eigenvalue weighted by molar-refractivity contribution is -0.137. The molecule has 0 aromatic heterocycles. The van der Waals surface area contributed by atoms with Gasteiger partial charge in [-0.05, 0) is 31.0 Å². The van der Waals surface area contributed by atoms with Crippen LogP contribution in [0.3, 0.4) is 0 Å². The number of benzene rings is 1. The molecule has 0 atom stereocenters. The van der Waals surface area contributed by atoms with Gasteiger partial charge in [0.15, 0.2) is 0 Å². The third-order valence-corrected chi connectivity index (χ3v) is 1.98. The van der Waals surface area contributed by atoms with Crippen LogP contribution in [-0.4, -0.2) is 6.61 Å². The smallest absolute Gasteiger partial charge is 0.416 e. The van der Waals surface area contributed by atoms with Crippen LogP contribution in [0.5, 0.6) is 5.75 Å². The molecule has 1 nitrogen and oxygen atoms in total. The van der Waals surface area contributed by atoms with Crippen molar-refractivity contribution < 1.29 is 17.9 Å². The normalized spacial score (nSPS) is 11.2. The summed E-state index contributed by atoms with van der Waals surface area (Å²) in [5.41, 5.74) is -0.686. The topological polar surface area (TPSA) is 9.23 Å². The van der Waals surface area contributed by atoms with Crippen molar-refractivity contribution in [3.63, 3.8) is 0 Å². The standard InChI is InChI=1S/C12H13F3O/c1-2-3-4-8-16-11-7-5-6-10(9-11)12(13,14)15/h2,5-7,9H,1,3-4,8H2. The molecular formula is C12H13F3O. The molecule has 88 valence electrons. The zero-order valence-electron chi connectivity index (χ0n) is 8.76. The highest BCUT2D eigenvalue weighted by atomic mass is 19.4. The number of ether oxygens (including phenoxy) is 1. The Morgan fingerprint density at radius 3 is 2.69 bits per heavy atom. The molecule has 1 aromatic carbocycles. The van der Waals surface area contributed by atoms with Gasteiger partial charge in [-0.25, -0.2) is 0 Å². The predicted molar refractivity (Wildman–Crippen MR) is 56.4 cm³/mol. The number of hydrogen-bond acceptors (Lipinski definition) is 1. The van der Waals surface area contributed by atoms with Crippen LogP contribution in [0.2, 0.25) is 0 Å². The van der Waals surface area contributed by atoms with Gasteiger partial charge < -0.3 is 4.74 Å². The summed E-state index contributed by atoms with van der Waals surface area (Å²) in [4.78, 5) is 0. The largest absolute Gasteiger partial charge is 0.494 e. The number of alkyl halides is 3. The molecule has 0 saturated carbocycles. The number of rotatable bonds is 5. The molecule has 4 heteroatoms. The van der Waals surface area contributed by atoms with Gasteiger partial charge in [0.1, 0.15) is 5.75 Å². The Bertz CT molecular complexity index is 344. The summed E-state index contributed by atoms with van der Waals surface area (Å²) in [6.07, 6.45) is -1.03. The highest BCUT2D eigenvalue weighted by Crippen LogP contribution is 2.31. The third kappa shape index (κ3) is 3.96. The first-order valence-electron chi connectivity index (χ1n) is 4.95. The maximum absolute atomic E-state index is 12.3. The minimum absolute atomic E-state index is 0.249. The Kier molecular flexibility index (Phi) is 4.40. The first kappa shape index (κ1) is 12.6. The summed E-state index contributed by atoms with van der Waals surface area (Å²) in [6, 6.07) is 4.89. The molecule has 1 aromatic rings. The van der Waals surface area contributed by atoms with Gasteiger partial charge >= 0.3 is 6.18 Å². The van der Waals surface area contributed by atoms with Crippen molar-refractivity contribution in [2.24, 2.45) is 0 Å². The quantitative estimate of drug-likeness (QED) is 0.547. The molecule has 1 rings (SSSR count).